The Balaban J connectivity index is 3.16. The molecule has 0 spiro atoms. The normalized spacial score (nSPS) is 13.7. The largest absolute Gasteiger partial charge is 0.461 e. The lowest BCUT2D eigenvalue weighted by molar-refractivity contribution is -0.167. The van der Waals surface area contributed by atoms with E-state index in [9.17, 15) is 9.59 Å². The Hall–Kier alpha value is -1.84. The van der Waals surface area contributed by atoms with E-state index >= 15 is 0 Å². The Kier molecular flexibility index (Phi) is 8.28. The smallest absolute Gasteiger partial charge is 0.312 e. The van der Waals surface area contributed by atoms with Gasteiger partial charge in [-0.25, -0.2) is 0 Å². The van der Waals surface area contributed by atoms with E-state index in [4.69, 9.17) is 9.47 Å². The monoisotopic (exact) mass is 390 g/mol. The molecule has 0 radical (unpaired) electrons. The van der Waals surface area contributed by atoms with Crippen molar-refractivity contribution in [1.29, 1.82) is 0 Å². The van der Waals surface area contributed by atoms with Crippen LogP contribution in [0.5, 0.6) is 0 Å². The average molecular weight is 391 g/mol. The van der Waals surface area contributed by atoms with E-state index in [0.29, 0.717) is 0 Å². The van der Waals surface area contributed by atoms with Crippen LogP contribution in [0.1, 0.15) is 80.2 Å². The first-order valence-electron chi connectivity index (χ1n) is 10.2. The summed E-state index contributed by atoms with van der Waals surface area (Å²) in [6.45, 7) is 17.5. The molecule has 1 aromatic carbocycles. The molecule has 1 atom stereocenters. The molecule has 0 amide bonds. The van der Waals surface area contributed by atoms with Crippen LogP contribution in [0.4, 0.5) is 0 Å². The number of esters is 2. The second-order valence-electron chi connectivity index (χ2n) is 9.83. The van der Waals surface area contributed by atoms with E-state index < -0.39 is 11.0 Å². The lowest BCUT2D eigenvalue weighted by Crippen LogP contribution is -2.40. The number of rotatable bonds is 8. The highest BCUT2D eigenvalue weighted by molar-refractivity contribution is 5.80. The maximum atomic E-state index is 13.2. The minimum Gasteiger partial charge on any atom is -0.461 e. The summed E-state index contributed by atoms with van der Waals surface area (Å²) in [5, 5.41) is 0. The Morgan fingerprint density at radius 2 is 1.39 bits per heavy atom. The fraction of sp³-hybridized carbons (Fsp3) is 0.667. The second-order valence-corrected chi connectivity index (χ2v) is 9.83. The van der Waals surface area contributed by atoms with Crippen molar-refractivity contribution in [1.82, 2.24) is 0 Å². The predicted molar refractivity (Wildman–Crippen MR) is 113 cm³/mol. The van der Waals surface area contributed by atoms with Gasteiger partial charge in [0.25, 0.3) is 0 Å². The molecule has 1 aromatic rings. The molecule has 4 nitrogen and oxygen atoms in total. The summed E-state index contributed by atoms with van der Waals surface area (Å²) >= 11 is 0. The molecule has 1 rings (SSSR count). The molecule has 0 N–H and O–H groups in total. The summed E-state index contributed by atoms with van der Waals surface area (Å²) < 4.78 is 11.5. The fourth-order valence-electron chi connectivity index (χ4n) is 3.48. The molecule has 158 valence electrons. The van der Waals surface area contributed by atoms with Crippen molar-refractivity contribution in [3.63, 3.8) is 0 Å². The van der Waals surface area contributed by atoms with Crippen molar-refractivity contribution in [3.8, 4) is 0 Å². The summed E-state index contributed by atoms with van der Waals surface area (Å²) in [5.41, 5.74) is -0.509. The minimum atomic E-state index is -0.875. The van der Waals surface area contributed by atoms with Gasteiger partial charge < -0.3 is 9.47 Å². The molecule has 4 heteroatoms. The highest BCUT2D eigenvalue weighted by Crippen LogP contribution is 2.40. The van der Waals surface area contributed by atoms with Gasteiger partial charge in [0.15, 0.2) is 0 Å². The summed E-state index contributed by atoms with van der Waals surface area (Å²) in [6.07, 6.45) is -0.0399. The number of benzene rings is 1. The van der Waals surface area contributed by atoms with Crippen LogP contribution in [0, 0.1) is 17.3 Å². The van der Waals surface area contributed by atoms with Crippen LogP contribution in [-0.4, -0.2) is 23.6 Å². The molecule has 0 heterocycles. The molecule has 0 unspecified atom stereocenters. The molecule has 0 aliphatic heterocycles. The van der Waals surface area contributed by atoms with E-state index in [2.05, 4.69) is 27.7 Å². The van der Waals surface area contributed by atoms with Crippen LogP contribution in [0.2, 0.25) is 0 Å². The summed E-state index contributed by atoms with van der Waals surface area (Å²) in [6, 6.07) is 9.67. The van der Waals surface area contributed by atoms with Crippen LogP contribution in [-0.2, 0) is 19.1 Å². The van der Waals surface area contributed by atoms with Crippen molar-refractivity contribution in [2.24, 2.45) is 17.3 Å². The topological polar surface area (TPSA) is 52.6 Å². The molecular formula is C24H38O4. The van der Waals surface area contributed by atoms with E-state index in [-0.39, 0.29) is 42.2 Å². The van der Waals surface area contributed by atoms with Crippen LogP contribution in [0.15, 0.2) is 30.3 Å². The van der Waals surface area contributed by atoms with Gasteiger partial charge in [-0.1, -0.05) is 58.0 Å². The Bertz CT molecular complexity index is 630. The van der Waals surface area contributed by atoms with E-state index in [1.807, 2.05) is 65.0 Å². The fourth-order valence-corrected chi connectivity index (χ4v) is 3.48. The van der Waals surface area contributed by atoms with Crippen LogP contribution >= 0.6 is 0 Å². The number of hydrogen-bond acceptors (Lipinski definition) is 4. The standard InChI is InChI=1S/C24H38O4/c1-16(2)21(17(3)4)27-22(26)24(8,9)19(18-13-11-10-12-14-18)15-20(25)28-23(5,6)7/h10-14,16-17,19,21H,15H2,1-9H3/t19-/m0/s1. The molecule has 0 aliphatic carbocycles. The number of carbonyl (C=O) groups excluding carboxylic acids is 2. The van der Waals surface area contributed by atoms with Crippen molar-refractivity contribution >= 4 is 11.9 Å². The lowest BCUT2D eigenvalue weighted by atomic mass is 9.73. The minimum absolute atomic E-state index is 0.122. The SMILES string of the molecule is CC(C)C(OC(=O)C(C)(C)[C@@H](CC(=O)OC(C)(C)C)c1ccccc1)C(C)C. The summed E-state index contributed by atoms with van der Waals surface area (Å²) in [4.78, 5) is 25.8. The van der Waals surface area contributed by atoms with Crippen molar-refractivity contribution in [2.45, 2.75) is 86.4 Å². The molecule has 0 saturated heterocycles. The Labute approximate surface area is 171 Å². The lowest BCUT2D eigenvalue weighted by Gasteiger charge is -2.35. The van der Waals surface area contributed by atoms with Gasteiger partial charge in [-0.2, -0.15) is 0 Å². The van der Waals surface area contributed by atoms with Gasteiger partial charge >= 0.3 is 11.9 Å². The first kappa shape index (κ1) is 24.2. The zero-order valence-corrected chi connectivity index (χ0v) is 19.0. The molecule has 0 fully saturated rings. The summed E-state index contributed by atoms with van der Waals surface area (Å²) in [5.74, 6) is -0.485. The van der Waals surface area contributed by atoms with Gasteiger partial charge in [0.05, 0.1) is 11.8 Å². The third-order valence-corrected chi connectivity index (χ3v) is 4.95. The maximum Gasteiger partial charge on any atom is 0.312 e. The predicted octanol–water partition coefficient (Wildman–Crippen LogP) is 5.75. The van der Waals surface area contributed by atoms with Crippen molar-refractivity contribution in [3.05, 3.63) is 35.9 Å². The van der Waals surface area contributed by atoms with Crippen LogP contribution in [0.3, 0.4) is 0 Å². The van der Waals surface area contributed by atoms with Gasteiger partial charge in [-0.3, -0.25) is 9.59 Å². The summed E-state index contributed by atoms with van der Waals surface area (Å²) in [7, 11) is 0. The Morgan fingerprint density at radius 3 is 1.82 bits per heavy atom. The third kappa shape index (κ3) is 6.96. The zero-order valence-electron chi connectivity index (χ0n) is 19.0. The second kappa shape index (κ2) is 9.58. The third-order valence-electron chi connectivity index (χ3n) is 4.95. The highest BCUT2D eigenvalue weighted by Gasteiger charge is 2.42. The Morgan fingerprint density at radius 1 is 0.893 bits per heavy atom. The molecule has 0 saturated carbocycles. The zero-order chi connectivity index (χ0) is 21.7. The van der Waals surface area contributed by atoms with E-state index in [1.165, 1.54) is 0 Å². The van der Waals surface area contributed by atoms with Crippen molar-refractivity contribution in [2.75, 3.05) is 0 Å². The maximum absolute atomic E-state index is 13.2. The first-order chi connectivity index (χ1) is 12.8. The van der Waals surface area contributed by atoms with Crippen molar-refractivity contribution < 1.29 is 19.1 Å². The molecule has 28 heavy (non-hydrogen) atoms. The highest BCUT2D eigenvalue weighted by atomic mass is 16.6. The quantitative estimate of drug-likeness (QED) is 0.530. The average Bonchev–Trinajstić information content (AvgIpc) is 2.55. The molecule has 0 bridgehead atoms. The molecule has 0 aliphatic rings. The number of ether oxygens (including phenoxy) is 2. The number of carbonyl (C=O) groups is 2. The number of hydrogen-bond donors (Lipinski definition) is 0. The van der Waals surface area contributed by atoms with Gasteiger partial charge in [-0.05, 0) is 52.0 Å². The van der Waals surface area contributed by atoms with Gasteiger partial charge in [0.2, 0.25) is 0 Å². The van der Waals surface area contributed by atoms with Crippen LogP contribution < -0.4 is 0 Å². The first-order valence-corrected chi connectivity index (χ1v) is 10.2. The van der Waals surface area contributed by atoms with Gasteiger partial charge in [0.1, 0.15) is 11.7 Å². The van der Waals surface area contributed by atoms with Crippen LogP contribution in [0.25, 0.3) is 0 Å². The van der Waals surface area contributed by atoms with E-state index in [1.54, 1.807) is 0 Å². The molecule has 0 aromatic heterocycles. The van der Waals surface area contributed by atoms with E-state index in [0.717, 1.165) is 5.56 Å². The van der Waals surface area contributed by atoms with Gasteiger partial charge in [0, 0.05) is 5.92 Å². The molecular weight excluding hydrogens is 352 g/mol. The van der Waals surface area contributed by atoms with Gasteiger partial charge in [-0.15, -0.1) is 0 Å².